The standard InChI is InChI=1S/C22H31ClN4O3/c1-17-6-8-22(9-7-17)20(28)27(21(29)24-22)16-26-12-10-25(11-13-26)14-15-30-19-4-2-18(23)3-5-19/h2-5,17H,6-16H2,1H3,(H,24,29). The summed E-state index contributed by atoms with van der Waals surface area (Å²) >= 11 is 5.89. The van der Waals surface area contributed by atoms with Crippen molar-refractivity contribution in [3.63, 3.8) is 0 Å². The Morgan fingerprint density at radius 2 is 1.70 bits per heavy atom. The number of rotatable bonds is 6. The van der Waals surface area contributed by atoms with Gasteiger partial charge < -0.3 is 10.1 Å². The molecule has 1 aliphatic carbocycles. The first-order chi connectivity index (χ1) is 14.4. The highest BCUT2D eigenvalue weighted by Crippen LogP contribution is 2.36. The number of ether oxygens (including phenoxy) is 1. The maximum atomic E-state index is 13.0. The molecule has 0 aromatic heterocycles. The molecule has 0 unspecified atom stereocenters. The summed E-state index contributed by atoms with van der Waals surface area (Å²) in [6, 6.07) is 7.16. The molecule has 30 heavy (non-hydrogen) atoms. The lowest BCUT2D eigenvalue weighted by atomic mass is 9.77. The fourth-order valence-electron chi connectivity index (χ4n) is 4.58. The molecule has 164 valence electrons. The zero-order chi connectivity index (χ0) is 21.1. The molecule has 0 atom stereocenters. The molecule has 2 saturated heterocycles. The molecule has 1 aromatic rings. The van der Waals surface area contributed by atoms with Gasteiger partial charge in [0.15, 0.2) is 0 Å². The van der Waals surface area contributed by atoms with Crippen molar-refractivity contribution in [1.29, 1.82) is 0 Å². The van der Waals surface area contributed by atoms with Crippen molar-refractivity contribution in [1.82, 2.24) is 20.0 Å². The molecule has 2 heterocycles. The van der Waals surface area contributed by atoms with Gasteiger partial charge in [0.2, 0.25) is 0 Å². The van der Waals surface area contributed by atoms with Gasteiger partial charge in [0.05, 0.1) is 6.67 Å². The Morgan fingerprint density at radius 3 is 2.37 bits per heavy atom. The van der Waals surface area contributed by atoms with Crippen molar-refractivity contribution < 1.29 is 14.3 Å². The highest BCUT2D eigenvalue weighted by molar-refractivity contribution is 6.30. The summed E-state index contributed by atoms with van der Waals surface area (Å²) in [5.74, 6) is 1.42. The first kappa shape index (κ1) is 21.4. The van der Waals surface area contributed by atoms with Crippen molar-refractivity contribution in [2.75, 3.05) is 46.0 Å². The SMILES string of the molecule is CC1CCC2(CC1)NC(=O)N(CN1CCN(CCOc3ccc(Cl)cc3)CC1)C2=O. The van der Waals surface area contributed by atoms with E-state index >= 15 is 0 Å². The minimum absolute atomic E-state index is 0.0294. The van der Waals surface area contributed by atoms with E-state index in [1.807, 2.05) is 24.3 Å². The number of nitrogens with one attached hydrogen (secondary N) is 1. The fraction of sp³-hybridized carbons (Fsp3) is 0.636. The topological polar surface area (TPSA) is 65.1 Å². The predicted molar refractivity (Wildman–Crippen MR) is 116 cm³/mol. The van der Waals surface area contributed by atoms with Crippen LogP contribution in [-0.4, -0.2) is 78.2 Å². The van der Waals surface area contributed by atoms with Crippen LogP contribution in [0.15, 0.2) is 24.3 Å². The third kappa shape index (κ3) is 4.74. The van der Waals surface area contributed by atoms with Crippen LogP contribution < -0.4 is 10.1 Å². The second kappa shape index (κ2) is 9.12. The Hall–Kier alpha value is -1.83. The van der Waals surface area contributed by atoms with Gasteiger partial charge in [-0.1, -0.05) is 18.5 Å². The minimum Gasteiger partial charge on any atom is -0.492 e. The lowest BCUT2D eigenvalue weighted by molar-refractivity contribution is -0.134. The third-order valence-electron chi connectivity index (χ3n) is 6.67. The number of imide groups is 1. The van der Waals surface area contributed by atoms with Gasteiger partial charge in [-0.25, -0.2) is 9.69 Å². The van der Waals surface area contributed by atoms with Crippen LogP contribution in [0.1, 0.15) is 32.6 Å². The molecule has 1 aromatic carbocycles. The second-order valence-electron chi connectivity index (χ2n) is 8.83. The molecule has 7 nitrogen and oxygen atoms in total. The van der Waals surface area contributed by atoms with Crippen LogP contribution >= 0.6 is 11.6 Å². The van der Waals surface area contributed by atoms with Gasteiger partial charge >= 0.3 is 6.03 Å². The van der Waals surface area contributed by atoms with Crippen molar-refractivity contribution in [2.45, 2.75) is 38.1 Å². The van der Waals surface area contributed by atoms with Crippen LogP contribution in [0.25, 0.3) is 0 Å². The van der Waals surface area contributed by atoms with Crippen molar-refractivity contribution in [3.05, 3.63) is 29.3 Å². The molecule has 2 aliphatic heterocycles. The quantitative estimate of drug-likeness (QED) is 0.697. The minimum atomic E-state index is -0.648. The molecule has 8 heteroatoms. The number of halogens is 1. The molecular formula is C22H31ClN4O3. The Kier molecular flexibility index (Phi) is 6.51. The average Bonchev–Trinajstić information content (AvgIpc) is 2.97. The summed E-state index contributed by atoms with van der Waals surface area (Å²) in [6.45, 7) is 7.54. The first-order valence-corrected chi connectivity index (χ1v) is 11.3. The highest BCUT2D eigenvalue weighted by atomic mass is 35.5. The van der Waals surface area contributed by atoms with E-state index in [0.29, 0.717) is 24.2 Å². The summed E-state index contributed by atoms with van der Waals surface area (Å²) in [6.07, 6.45) is 3.51. The molecular weight excluding hydrogens is 404 g/mol. The van der Waals surface area contributed by atoms with Gasteiger partial charge in [-0.05, 0) is 55.9 Å². The molecule has 0 radical (unpaired) electrons. The molecule has 4 rings (SSSR count). The molecule has 0 bridgehead atoms. The Bertz CT molecular complexity index is 756. The van der Waals surface area contributed by atoms with E-state index in [0.717, 1.165) is 64.2 Å². The molecule has 3 fully saturated rings. The number of urea groups is 1. The van der Waals surface area contributed by atoms with E-state index in [1.54, 1.807) is 0 Å². The largest absolute Gasteiger partial charge is 0.492 e. The van der Waals surface area contributed by atoms with Crippen molar-refractivity contribution >= 4 is 23.5 Å². The average molecular weight is 435 g/mol. The molecule has 3 aliphatic rings. The Labute approximate surface area is 183 Å². The van der Waals surface area contributed by atoms with Gasteiger partial charge in [-0.2, -0.15) is 0 Å². The number of benzene rings is 1. The van der Waals surface area contributed by atoms with Gasteiger partial charge in [0, 0.05) is 37.7 Å². The van der Waals surface area contributed by atoms with Crippen molar-refractivity contribution in [2.24, 2.45) is 5.92 Å². The van der Waals surface area contributed by atoms with Crippen molar-refractivity contribution in [3.8, 4) is 5.75 Å². The molecule has 3 amide bonds. The summed E-state index contributed by atoms with van der Waals surface area (Å²) in [5.41, 5.74) is -0.648. The zero-order valence-electron chi connectivity index (χ0n) is 17.6. The van der Waals surface area contributed by atoms with Crippen LogP contribution in [0.2, 0.25) is 5.02 Å². The zero-order valence-corrected chi connectivity index (χ0v) is 18.4. The number of hydrogen-bond acceptors (Lipinski definition) is 5. The van der Waals surface area contributed by atoms with Gasteiger partial charge in [0.1, 0.15) is 17.9 Å². The van der Waals surface area contributed by atoms with Crippen LogP contribution in [-0.2, 0) is 4.79 Å². The Balaban J connectivity index is 1.20. The molecule has 1 spiro atoms. The lowest BCUT2D eigenvalue weighted by Gasteiger charge is -2.36. The van der Waals surface area contributed by atoms with E-state index in [2.05, 4.69) is 22.0 Å². The summed E-state index contributed by atoms with van der Waals surface area (Å²) in [4.78, 5) is 31.5. The van der Waals surface area contributed by atoms with Crippen LogP contribution in [0.5, 0.6) is 5.75 Å². The number of carbonyl (C=O) groups excluding carboxylic acids is 2. The predicted octanol–water partition coefficient (Wildman–Crippen LogP) is 2.79. The first-order valence-electron chi connectivity index (χ1n) is 10.9. The number of piperazine rings is 1. The summed E-state index contributed by atoms with van der Waals surface area (Å²) in [5, 5.41) is 3.71. The molecule has 1 N–H and O–H groups in total. The maximum absolute atomic E-state index is 13.0. The van der Waals surface area contributed by atoms with E-state index in [9.17, 15) is 9.59 Å². The van der Waals surface area contributed by atoms with Crippen LogP contribution in [0.4, 0.5) is 4.79 Å². The number of nitrogens with zero attached hydrogens (tertiary/aromatic N) is 3. The van der Waals surface area contributed by atoms with Crippen LogP contribution in [0.3, 0.4) is 0 Å². The van der Waals surface area contributed by atoms with Gasteiger partial charge in [0.25, 0.3) is 5.91 Å². The van der Waals surface area contributed by atoms with Gasteiger partial charge in [-0.3, -0.25) is 14.6 Å². The second-order valence-corrected chi connectivity index (χ2v) is 9.27. The van der Waals surface area contributed by atoms with E-state index < -0.39 is 5.54 Å². The fourth-order valence-corrected chi connectivity index (χ4v) is 4.70. The summed E-state index contributed by atoms with van der Waals surface area (Å²) < 4.78 is 5.78. The van der Waals surface area contributed by atoms with E-state index in [-0.39, 0.29) is 11.9 Å². The lowest BCUT2D eigenvalue weighted by Crippen LogP contribution is -2.53. The van der Waals surface area contributed by atoms with Gasteiger partial charge in [-0.15, -0.1) is 0 Å². The molecule has 1 saturated carbocycles. The Morgan fingerprint density at radius 1 is 1.07 bits per heavy atom. The monoisotopic (exact) mass is 434 g/mol. The normalized spacial score (nSPS) is 28.2. The van der Waals surface area contributed by atoms with E-state index in [1.165, 1.54) is 4.90 Å². The summed E-state index contributed by atoms with van der Waals surface area (Å²) in [7, 11) is 0. The van der Waals surface area contributed by atoms with Crippen LogP contribution in [0, 0.1) is 5.92 Å². The number of carbonyl (C=O) groups is 2. The third-order valence-corrected chi connectivity index (χ3v) is 6.92. The van der Waals surface area contributed by atoms with E-state index in [4.69, 9.17) is 16.3 Å². The maximum Gasteiger partial charge on any atom is 0.326 e. The highest BCUT2D eigenvalue weighted by Gasteiger charge is 2.52. The smallest absolute Gasteiger partial charge is 0.326 e. The number of amides is 3. The number of hydrogen-bond donors (Lipinski definition) is 1.